The maximum atomic E-state index is 6.21. The van der Waals surface area contributed by atoms with Crippen LogP contribution in [0.15, 0.2) is 217 Å². The fourth-order valence-corrected chi connectivity index (χ4v) is 9.43. The lowest BCUT2D eigenvalue weighted by Crippen LogP contribution is -2.16. The summed E-state index contributed by atoms with van der Waals surface area (Å²) >= 11 is 0. The molecule has 1 heterocycles. The van der Waals surface area contributed by atoms with Crippen LogP contribution in [0.3, 0.4) is 0 Å². The van der Waals surface area contributed by atoms with E-state index in [4.69, 9.17) is 4.42 Å². The number of furan rings is 1. The highest BCUT2D eigenvalue weighted by Gasteiger charge is 2.38. The van der Waals surface area contributed by atoms with Gasteiger partial charge in [0.25, 0.3) is 0 Å². The maximum Gasteiger partial charge on any atom is 0.136 e. The third kappa shape index (κ3) is 5.87. The molecule has 9 aromatic carbocycles. The van der Waals surface area contributed by atoms with Crippen molar-refractivity contribution in [1.29, 1.82) is 0 Å². The number of para-hydroxylation sites is 2. The standard InChI is InChI=1S/C57H41NO/c1-57(2)52-34-29-42(35-50(52)51-37-43(38-15-6-3-7-16-38)36-49(56(51)57)40-17-8-4-9-18-40)39-25-30-45(31-26-39)58(44-19-10-5-11-20-44)46-32-27-41(28-33-46)47-22-14-24-54-55(47)48-21-12-13-23-53(48)59-54/h3-37H,1-2H3. The molecule has 59 heavy (non-hydrogen) atoms. The summed E-state index contributed by atoms with van der Waals surface area (Å²) in [5.74, 6) is 0. The Morgan fingerprint density at radius 2 is 0.864 bits per heavy atom. The first kappa shape index (κ1) is 34.8. The molecule has 0 saturated carbocycles. The zero-order chi connectivity index (χ0) is 39.5. The van der Waals surface area contributed by atoms with Crippen molar-refractivity contribution < 1.29 is 4.42 Å². The van der Waals surface area contributed by atoms with Crippen molar-refractivity contribution in [3.8, 4) is 55.6 Å². The lowest BCUT2D eigenvalue weighted by molar-refractivity contribution is 0.662. The monoisotopic (exact) mass is 755 g/mol. The van der Waals surface area contributed by atoms with Gasteiger partial charge in [0.05, 0.1) is 0 Å². The molecule has 2 nitrogen and oxygen atoms in total. The summed E-state index contributed by atoms with van der Waals surface area (Å²) in [4.78, 5) is 2.33. The fraction of sp³-hybridized carbons (Fsp3) is 0.0526. The molecule has 0 bridgehead atoms. The number of fused-ring (bicyclic) bond motifs is 6. The average Bonchev–Trinajstić information content (AvgIpc) is 3.79. The highest BCUT2D eigenvalue weighted by atomic mass is 16.3. The van der Waals surface area contributed by atoms with E-state index in [1.165, 1.54) is 61.2 Å². The Labute approximate surface area is 345 Å². The lowest BCUT2D eigenvalue weighted by Gasteiger charge is -2.26. The van der Waals surface area contributed by atoms with Gasteiger partial charge in [-0.1, -0.05) is 159 Å². The average molecular weight is 756 g/mol. The number of anilines is 3. The number of benzene rings is 9. The van der Waals surface area contributed by atoms with E-state index in [2.05, 4.69) is 219 Å². The molecule has 0 saturated heterocycles. The van der Waals surface area contributed by atoms with Crippen LogP contribution in [0.4, 0.5) is 17.1 Å². The molecule has 2 heteroatoms. The normalized spacial score (nSPS) is 12.7. The fourth-order valence-electron chi connectivity index (χ4n) is 9.43. The molecule has 0 atom stereocenters. The second-order valence-corrected chi connectivity index (χ2v) is 16.1. The first-order chi connectivity index (χ1) is 29.0. The van der Waals surface area contributed by atoms with E-state index < -0.39 is 0 Å². The van der Waals surface area contributed by atoms with Crippen LogP contribution in [0.1, 0.15) is 25.0 Å². The molecule has 1 aliphatic carbocycles. The zero-order valence-corrected chi connectivity index (χ0v) is 33.1. The Bertz CT molecular complexity index is 3140. The second kappa shape index (κ2) is 13.9. The summed E-state index contributed by atoms with van der Waals surface area (Å²) < 4.78 is 6.21. The smallest absolute Gasteiger partial charge is 0.136 e. The Hall–Kier alpha value is -7.42. The predicted octanol–water partition coefficient (Wildman–Crippen LogP) is 16.0. The Balaban J connectivity index is 0.972. The molecule has 1 aliphatic rings. The molecule has 0 amide bonds. The third-order valence-corrected chi connectivity index (χ3v) is 12.3. The molecule has 0 unspecified atom stereocenters. The molecule has 11 rings (SSSR count). The van der Waals surface area contributed by atoms with Crippen LogP contribution in [0.25, 0.3) is 77.6 Å². The van der Waals surface area contributed by atoms with Gasteiger partial charge in [0.2, 0.25) is 0 Å². The number of hydrogen-bond acceptors (Lipinski definition) is 2. The molecule has 1 aromatic heterocycles. The van der Waals surface area contributed by atoms with Gasteiger partial charge in [-0.3, -0.25) is 0 Å². The van der Waals surface area contributed by atoms with Gasteiger partial charge in [-0.25, -0.2) is 0 Å². The largest absolute Gasteiger partial charge is 0.456 e. The molecule has 0 spiro atoms. The third-order valence-electron chi connectivity index (χ3n) is 12.3. The topological polar surface area (TPSA) is 16.4 Å². The lowest BCUT2D eigenvalue weighted by atomic mass is 9.78. The van der Waals surface area contributed by atoms with Gasteiger partial charge in [0.1, 0.15) is 11.2 Å². The first-order valence-corrected chi connectivity index (χ1v) is 20.4. The van der Waals surface area contributed by atoms with Gasteiger partial charge in [-0.2, -0.15) is 0 Å². The molecule has 0 radical (unpaired) electrons. The van der Waals surface area contributed by atoms with Crippen LogP contribution in [0, 0.1) is 0 Å². The zero-order valence-electron chi connectivity index (χ0n) is 33.1. The summed E-state index contributed by atoms with van der Waals surface area (Å²) in [7, 11) is 0. The molecule has 0 aliphatic heterocycles. The van der Waals surface area contributed by atoms with E-state index in [0.29, 0.717) is 0 Å². The van der Waals surface area contributed by atoms with E-state index in [0.717, 1.165) is 44.6 Å². The summed E-state index contributed by atoms with van der Waals surface area (Å²) in [6, 6.07) is 76.7. The van der Waals surface area contributed by atoms with E-state index in [-0.39, 0.29) is 5.41 Å². The summed E-state index contributed by atoms with van der Waals surface area (Å²) in [5.41, 5.74) is 20.1. The van der Waals surface area contributed by atoms with Crippen molar-refractivity contribution in [2.45, 2.75) is 19.3 Å². The highest BCUT2D eigenvalue weighted by molar-refractivity contribution is 6.12. The van der Waals surface area contributed by atoms with Crippen LogP contribution in [-0.4, -0.2) is 0 Å². The molecule has 280 valence electrons. The quantitative estimate of drug-likeness (QED) is 0.161. The van der Waals surface area contributed by atoms with Gasteiger partial charge in [-0.15, -0.1) is 0 Å². The minimum atomic E-state index is -0.155. The molecule has 10 aromatic rings. The van der Waals surface area contributed by atoms with Gasteiger partial charge >= 0.3 is 0 Å². The van der Waals surface area contributed by atoms with Crippen molar-refractivity contribution in [2.75, 3.05) is 4.90 Å². The van der Waals surface area contributed by atoms with E-state index in [1.807, 2.05) is 12.1 Å². The maximum absolute atomic E-state index is 6.21. The summed E-state index contributed by atoms with van der Waals surface area (Å²) in [5, 5.41) is 2.29. The van der Waals surface area contributed by atoms with Crippen molar-refractivity contribution in [3.63, 3.8) is 0 Å². The molecular formula is C57H41NO. The van der Waals surface area contributed by atoms with Crippen LogP contribution in [0.2, 0.25) is 0 Å². The van der Waals surface area contributed by atoms with Gasteiger partial charge in [0, 0.05) is 33.2 Å². The van der Waals surface area contributed by atoms with E-state index in [9.17, 15) is 0 Å². The van der Waals surface area contributed by atoms with Gasteiger partial charge in [-0.05, 0) is 133 Å². The summed E-state index contributed by atoms with van der Waals surface area (Å²) in [6.07, 6.45) is 0. The van der Waals surface area contributed by atoms with Crippen molar-refractivity contribution >= 4 is 39.0 Å². The van der Waals surface area contributed by atoms with Crippen molar-refractivity contribution in [3.05, 3.63) is 223 Å². The van der Waals surface area contributed by atoms with Gasteiger partial charge in [0.15, 0.2) is 0 Å². The minimum absolute atomic E-state index is 0.155. The Morgan fingerprint density at radius 1 is 0.356 bits per heavy atom. The van der Waals surface area contributed by atoms with Crippen LogP contribution >= 0.6 is 0 Å². The van der Waals surface area contributed by atoms with Crippen LogP contribution in [-0.2, 0) is 5.41 Å². The summed E-state index contributed by atoms with van der Waals surface area (Å²) in [6.45, 7) is 4.76. The second-order valence-electron chi connectivity index (χ2n) is 16.1. The number of hydrogen-bond donors (Lipinski definition) is 0. The Kier molecular flexibility index (Phi) is 8.20. The SMILES string of the molecule is CC1(C)c2ccc(-c3ccc(N(c4ccccc4)c4ccc(-c5cccc6oc7ccccc7c56)cc4)cc3)cc2-c2cc(-c3ccccc3)cc(-c3ccccc3)c21. The molecule has 0 N–H and O–H groups in total. The molecule has 0 fully saturated rings. The Morgan fingerprint density at radius 3 is 1.58 bits per heavy atom. The number of nitrogens with zero attached hydrogens (tertiary/aromatic N) is 1. The van der Waals surface area contributed by atoms with E-state index >= 15 is 0 Å². The van der Waals surface area contributed by atoms with Crippen LogP contribution < -0.4 is 4.90 Å². The van der Waals surface area contributed by atoms with Crippen LogP contribution in [0.5, 0.6) is 0 Å². The minimum Gasteiger partial charge on any atom is -0.456 e. The van der Waals surface area contributed by atoms with Crippen molar-refractivity contribution in [2.24, 2.45) is 0 Å². The number of rotatable bonds is 7. The van der Waals surface area contributed by atoms with Crippen molar-refractivity contribution in [1.82, 2.24) is 0 Å². The predicted molar refractivity (Wildman–Crippen MR) is 248 cm³/mol. The first-order valence-electron chi connectivity index (χ1n) is 20.4. The molecular weight excluding hydrogens is 715 g/mol. The van der Waals surface area contributed by atoms with Gasteiger partial charge < -0.3 is 9.32 Å². The highest BCUT2D eigenvalue weighted by Crippen LogP contribution is 2.54. The van der Waals surface area contributed by atoms with E-state index in [1.54, 1.807) is 0 Å².